The number of H-pyrrole nitrogens is 1. The lowest BCUT2D eigenvalue weighted by atomic mass is 9.97. The minimum absolute atomic E-state index is 0.000278. The number of hydrogen-bond donors (Lipinski definition) is 3. The number of likely N-dealkylation sites (tertiary alicyclic amines) is 1. The summed E-state index contributed by atoms with van der Waals surface area (Å²) in [4.78, 5) is 33.9. The number of rotatable bonds is 5. The molecular weight excluding hydrogens is 376 g/mol. The molecular formula is C19H20N6O4. The number of aromatic amines is 1. The maximum absolute atomic E-state index is 12.9. The second-order valence-corrected chi connectivity index (χ2v) is 6.88. The zero-order valence-corrected chi connectivity index (χ0v) is 15.5. The number of aromatic nitrogens is 4. The van der Waals surface area contributed by atoms with Crippen molar-refractivity contribution in [3.8, 4) is 6.01 Å². The van der Waals surface area contributed by atoms with Crippen LogP contribution >= 0.6 is 0 Å². The lowest BCUT2D eigenvalue weighted by Gasteiger charge is -2.31. The van der Waals surface area contributed by atoms with E-state index in [-0.39, 0.29) is 23.4 Å². The van der Waals surface area contributed by atoms with Gasteiger partial charge in [0.1, 0.15) is 0 Å². The zero-order chi connectivity index (χ0) is 20.2. The van der Waals surface area contributed by atoms with Crippen molar-refractivity contribution in [1.82, 2.24) is 30.5 Å². The molecule has 0 bridgehead atoms. The fourth-order valence-electron chi connectivity index (χ4n) is 3.39. The van der Waals surface area contributed by atoms with Gasteiger partial charge in [0.25, 0.3) is 11.8 Å². The molecule has 2 aromatic heterocycles. The highest BCUT2D eigenvalue weighted by atomic mass is 16.5. The maximum atomic E-state index is 12.9. The maximum Gasteiger partial charge on any atom is 0.316 e. The van der Waals surface area contributed by atoms with Gasteiger partial charge < -0.3 is 9.64 Å². The molecule has 4 rings (SSSR count). The second kappa shape index (κ2) is 8.23. The molecule has 1 aliphatic rings. The quantitative estimate of drug-likeness (QED) is 0.438. The molecule has 3 heterocycles. The Labute approximate surface area is 165 Å². The normalized spacial score (nSPS) is 14.7. The molecule has 2 amide bonds. The van der Waals surface area contributed by atoms with Crippen molar-refractivity contribution in [2.75, 3.05) is 19.7 Å². The third-order valence-electron chi connectivity index (χ3n) is 5.05. The van der Waals surface area contributed by atoms with E-state index in [0.29, 0.717) is 25.3 Å². The van der Waals surface area contributed by atoms with Gasteiger partial charge >= 0.3 is 6.01 Å². The van der Waals surface area contributed by atoms with E-state index < -0.39 is 5.91 Å². The van der Waals surface area contributed by atoms with Crippen molar-refractivity contribution < 1.29 is 19.5 Å². The number of amides is 2. The van der Waals surface area contributed by atoms with Crippen molar-refractivity contribution >= 4 is 22.7 Å². The molecule has 0 radical (unpaired) electrons. The molecule has 0 spiro atoms. The van der Waals surface area contributed by atoms with E-state index in [4.69, 9.17) is 9.94 Å². The van der Waals surface area contributed by atoms with Crippen molar-refractivity contribution in [2.24, 2.45) is 5.92 Å². The van der Waals surface area contributed by atoms with Gasteiger partial charge in [-0.1, -0.05) is 12.1 Å². The summed E-state index contributed by atoms with van der Waals surface area (Å²) >= 11 is 0. The van der Waals surface area contributed by atoms with E-state index in [0.717, 1.165) is 23.7 Å². The summed E-state index contributed by atoms with van der Waals surface area (Å²) in [6, 6.07) is 5.77. The van der Waals surface area contributed by atoms with Crippen LogP contribution in [0.5, 0.6) is 6.01 Å². The van der Waals surface area contributed by atoms with Crippen molar-refractivity contribution in [3.63, 3.8) is 0 Å². The number of carbonyl (C=O) groups excluding carboxylic acids is 2. The lowest BCUT2D eigenvalue weighted by molar-refractivity contribution is 0.0657. The van der Waals surface area contributed by atoms with Crippen LogP contribution in [0.15, 0.2) is 36.8 Å². The monoisotopic (exact) mass is 396 g/mol. The van der Waals surface area contributed by atoms with Gasteiger partial charge in [0, 0.05) is 30.9 Å². The lowest BCUT2D eigenvalue weighted by Crippen LogP contribution is -2.39. The van der Waals surface area contributed by atoms with Crippen LogP contribution in [0.25, 0.3) is 10.9 Å². The Hall–Kier alpha value is -3.53. The number of piperidine rings is 1. The number of carbonyl (C=O) groups is 2. The molecule has 1 saturated heterocycles. The predicted octanol–water partition coefficient (Wildman–Crippen LogP) is 1.40. The summed E-state index contributed by atoms with van der Waals surface area (Å²) in [5, 5.41) is 16.4. The molecule has 3 N–H and O–H groups in total. The van der Waals surface area contributed by atoms with Crippen LogP contribution in [-0.4, -0.2) is 61.8 Å². The molecule has 150 valence electrons. The van der Waals surface area contributed by atoms with Crippen molar-refractivity contribution in [3.05, 3.63) is 47.9 Å². The van der Waals surface area contributed by atoms with Gasteiger partial charge in [0.05, 0.1) is 29.4 Å². The number of hydrogen-bond acceptors (Lipinski definition) is 7. The van der Waals surface area contributed by atoms with E-state index in [1.54, 1.807) is 6.20 Å². The van der Waals surface area contributed by atoms with E-state index >= 15 is 0 Å². The van der Waals surface area contributed by atoms with Gasteiger partial charge in [-0.2, -0.15) is 5.10 Å². The number of para-hydroxylation sites is 1. The van der Waals surface area contributed by atoms with Crippen LogP contribution in [0.1, 0.15) is 33.6 Å². The number of fused-ring (bicyclic) bond motifs is 1. The van der Waals surface area contributed by atoms with Gasteiger partial charge in [-0.05, 0) is 24.8 Å². The van der Waals surface area contributed by atoms with Crippen molar-refractivity contribution in [1.29, 1.82) is 0 Å². The number of ether oxygens (including phenoxy) is 1. The van der Waals surface area contributed by atoms with Gasteiger partial charge in [-0.15, -0.1) is 0 Å². The van der Waals surface area contributed by atoms with E-state index in [1.807, 2.05) is 23.1 Å². The average Bonchev–Trinajstić information content (AvgIpc) is 3.26. The van der Waals surface area contributed by atoms with Crippen LogP contribution in [0.3, 0.4) is 0 Å². The fraction of sp³-hybridized carbons (Fsp3) is 0.316. The highest BCUT2D eigenvalue weighted by molar-refractivity contribution is 6.05. The topological polar surface area (TPSA) is 133 Å². The summed E-state index contributed by atoms with van der Waals surface area (Å²) in [5.74, 6) is -0.397. The molecule has 10 heteroatoms. The van der Waals surface area contributed by atoms with Gasteiger partial charge in [0.15, 0.2) is 0 Å². The molecule has 1 aliphatic heterocycles. The summed E-state index contributed by atoms with van der Waals surface area (Å²) < 4.78 is 5.61. The average molecular weight is 396 g/mol. The number of benzene rings is 1. The Kier molecular flexibility index (Phi) is 5.34. The zero-order valence-electron chi connectivity index (χ0n) is 15.5. The Morgan fingerprint density at radius 2 is 1.97 bits per heavy atom. The first-order chi connectivity index (χ1) is 14.2. The Bertz CT molecular complexity index is 1010. The highest BCUT2D eigenvalue weighted by Crippen LogP contribution is 2.22. The summed E-state index contributed by atoms with van der Waals surface area (Å²) in [5.41, 5.74) is 3.06. The smallest absolute Gasteiger partial charge is 0.316 e. The van der Waals surface area contributed by atoms with E-state index in [2.05, 4.69) is 20.2 Å². The van der Waals surface area contributed by atoms with Crippen LogP contribution in [0.2, 0.25) is 0 Å². The molecule has 0 aliphatic carbocycles. The first-order valence-electron chi connectivity index (χ1n) is 9.26. The predicted molar refractivity (Wildman–Crippen MR) is 102 cm³/mol. The molecule has 0 saturated carbocycles. The minimum Gasteiger partial charge on any atom is -0.463 e. The first kappa shape index (κ1) is 18.8. The molecule has 1 fully saturated rings. The molecule has 1 aromatic carbocycles. The van der Waals surface area contributed by atoms with E-state index in [9.17, 15) is 9.59 Å². The molecule has 29 heavy (non-hydrogen) atoms. The summed E-state index contributed by atoms with van der Waals surface area (Å²) in [6.45, 7) is 1.73. The minimum atomic E-state index is -0.681. The first-order valence-corrected chi connectivity index (χ1v) is 9.26. The Morgan fingerprint density at radius 3 is 2.69 bits per heavy atom. The molecule has 10 nitrogen and oxygen atoms in total. The SMILES string of the molecule is O=C(NO)c1cnc(OCC2CCN(C(=O)c3cccc4cn[nH]c34)CC2)nc1. The summed E-state index contributed by atoms with van der Waals surface area (Å²) in [6.07, 6.45) is 5.91. The molecule has 0 unspecified atom stereocenters. The van der Waals surface area contributed by atoms with Gasteiger partial charge in [-0.3, -0.25) is 19.9 Å². The second-order valence-electron chi connectivity index (χ2n) is 6.88. The molecule has 0 atom stereocenters. The van der Waals surface area contributed by atoms with Gasteiger partial charge in [0.2, 0.25) is 0 Å². The van der Waals surface area contributed by atoms with Crippen LogP contribution < -0.4 is 10.2 Å². The van der Waals surface area contributed by atoms with Gasteiger partial charge in [-0.25, -0.2) is 15.4 Å². The van der Waals surface area contributed by atoms with Crippen molar-refractivity contribution in [2.45, 2.75) is 12.8 Å². The number of nitrogens with one attached hydrogen (secondary N) is 2. The van der Waals surface area contributed by atoms with Crippen LogP contribution in [-0.2, 0) is 0 Å². The van der Waals surface area contributed by atoms with Crippen LogP contribution in [0, 0.1) is 5.92 Å². The number of nitrogens with zero attached hydrogens (tertiary/aromatic N) is 4. The highest BCUT2D eigenvalue weighted by Gasteiger charge is 2.25. The fourth-order valence-corrected chi connectivity index (χ4v) is 3.39. The Balaban J connectivity index is 1.30. The molecule has 3 aromatic rings. The largest absolute Gasteiger partial charge is 0.463 e. The third kappa shape index (κ3) is 4.02. The van der Waals surface area contributed by atoms with Crippen LogP contribution in [0.4, 0.5) is 0 Å². The Morgan fingerprint density at radius 1 is 1.21 bits per heavy atom. The summed E-state index contributed by atoms with van der Waals surface area (Å²) in [7, 11) is 0. The number of hydroxylamine groups is 1. The van der Waals surface area contributed by atoms with E-state index in [1.165, 1.54) is 17.9 Å². The third-order valence-corrected chi connectivity index (χ3v) is 5.05. The standard InChI is InChI=1S/C19H20N6O4/c26-17(24-28)14-8-20-19(21-9-14)29-11-12-4-6-25(7-5-12)18(27)15-3-1-2-13-10-22-23-16(13)15/h1-3,8-10,12,28H,4-7,11H2,(H,22,23)(H,24,26).